The number of fused-ring (bicyclic) bond motifs is 1. The minimum absolute atomic E-state index is 0.199. The van der Waals surface area contributed by atoms with E-state index in [4.69, 9.17) is 5.26 Å². The van der Waals surface area contributed by atoms with Crippen molar-refractivity contribution in [2.75, 3.05) is 6.61 Å². The van der Waals surface area contributed by atoms with Gasteiger partial charge in [0, 0.05) is 13.0 Å². The van der Waals surface area contributed by atoms with E-state index in [2.05, 4.69) is 32.0 Å². The summed E-state index contributed by atoms with van der Waals surface area (Å²) >= 11 is 0. The quantitative estimate of drug-likeness (QED) is 0.856. The van der Waals surface area contributed by atoms with Crippen LogP contribution in [-0.4, -0.2) is 11.7 Å². The molecule has 20 heavy (non-hydrogen) atoms. The molecule has 0 saturated heterocycles. The second kappa shape index (κ2) is 6.90. The molecule has 0 radical (unpaired) electrons. The topological polar surface area (TPSA) is 44.0 Å². The second-order valence-corrected chi connectivity index (χ2v) is 6.28. The molecule has 0 heterocycles. The van der Waals surface area contributed by atoms with Crippen LogP contribution in [-0.2, 0) is 19.3 Å². The van der Waals surface area contributed by atoms with Crippen LogP contribution >= 0.6 is 0 Å². The highest BCUT2D eigenvalue weighted by atomic mass is 16.2. The van der Waals surface area contributed by atoms with Gasteiger partial charge in [-0.15, -0.1) is 0 Å². The van der Waals surface area contributed by atoms with Crippen LogP contribution in [0.5, 0.6) is 0 Å². The number of aryl methyl sites for hydroxylation is 2. The first-order chi connectivity index (χ1) is 9.67. The van der Waals surface area contributed by atoms with Crippen molar-refractivity contribution < 1.29 is 5.11 Å². The van der Waals surface area contributed by atoms with Gasteiger partial charge in [0.2, 0.25) is 0 Å². The van der Waals surface area contributed by atoms with Crippen LogP contribution in [0, 0.1) is 17.2 Å². The van der Waals surface area contributed by atoms with Crippen LogP contribution in [0.25, 0.3) is 0 Å². The Balaban J connectivity index is 2.34. The zero-order chi connectivity index (χ0) is 14.5. The van der Waals surface area contributed by atoms with Gasteiger partial charge in [0.25, 0.3) is 0 Å². The van der Waals surface area contributed by atoms with Gasteiger partial charge in [-0.05, 0) is 66.2 Å². The summed E-state index contributed by atoms with van der Waals surface area (Å²) in [6.07, 6.45) is 5.79. The lowest BCUT2D eigenvalue weighted by Gasteiger charge is -2.18. The van der Waals surface area contributed by atoms with Crippen molar-refractivity contribution in [3.63, 3.8) is 0 Å². The fraction of sp³-hybridized carbons (Fsp3) is 0.611. The predicted octanol–water partition coefficient (Wildman–Crippen LogP) is 3.75. The zero-order valence-electron chi connectivity index (χ0n) is 12.7. The van der Waals surface area contributed by atoms with Crippen LogP contribution in [0.2, 0.25) is 0 Å². The van der Waals surface area contributed by atoms with Gasteiger partial charge in [-0.25, -0.2) is 0 Å². The average Bonchev–Trinajstić information content (AvgIpc) is 2.82. The molecular formula is C18H25NO. The van der Waals surface area contributed by atoms with Crippen molar-refractivity contribution in [3.05, 3.63) is 34.4 Å². The van der Waals surface area contributed by atoms with E-state index in [1.165, 1.54) is 28.7 Å². The van der Waals surface area contributed by atoms with Crippen LogP contribution in [0.15, 0.2) is 12.1 Å². The highest BCUT2D eigenvalue weighted by Gasteiger charge is 2.26. The monoisotopic (exact) mass is 271 g/mol. The van der Waals surface area contributed by atoms with Gasteiger partial charge in [-0.2, -0.15) is 5.26 Å². The van der Waals surface area contributed by atoms with E-state index in [0.29, 0.717) is 18.3 Å². The number of nitrogens with zero attached hydrogens (tertiary/aromatic N) is 1. The molecule has 0 bridgehead atoms. The molecule has 1 aromatic rings. The molecule has 1 aliphatic carbocycles. The Hall–Kier alpha value is -1.33. The van der Waals surface area contributed by atoms with E-state index in [0.717, 1.165) is 25.7 Å². The molecule has 2 nitrogen and oxygen atoms in total. The Morgan fingerprint density at radius 2 is 2.15 bits per heavy atom. The van der Waals surface area contributed by atoms with Crippen LogP contribution in [0.3, 0.4) is 0 Å². The Morgan fingerprint density at radius 3 is 2.80 bits per heavy atom. The van der Waals surface area contributed by atoms with Crippen molar-refractivity contribution in [2.24, 2.45) is 5.92 Å². The highest BCUT2D eigenvalue weighted by Crippen LogP contribution is 2.39. The van der Waals surface area contributed by atoms with E-state index in [-0.39, 0.29) is 6.61 Å². The molecule has 1 atom stereocenters. The van der Waals surface area contributed by atoms with Crippen molar-refractivity contribution in [1.82, 2.24) is 0 Å². The molecule has 0 saturated carbocycles. The number of nitriles is 1. The fourth-order valence-corrected chi connectivity index (χ4v) is 3.36. The van der Waals surface area contributed by atoms with Crippen molar-refractivity contribution in [1.29, 1.82) is 5.26 Å². The minimum Gasteiger partial charge on any atom is -0.396 e. The van der Waals surface area contributed by atoms with Crippen molar-refractivity contribution in [2.45, 2.75) is 58.3 Å². The minimum atomic E-state index is 0.199. The molecule has 0 aromatic heterocycles. The lowest BCUT2D eigenvalue weighted by atomic mass is 9.87. The van der Waals surface area contributed by atoms with E-state index < -0.39 is 0 Å². The van der Waals surface area contributed by atoms with Gasteiger partial charge < -0.3 is 5.11 Å². The van der Waals surface area contributed by atoms with E-state index in [1.54, 1.807) is 0 Å². The molecule has 2 heteroatoms. The molecule has 0 aliphatic heterocycles. The summed E-state index contributed by atoms with van der Waals surface area (Å²) in [5.41, 5.74) is 5.52. The summed E-state index contributed by atoms with van der Waals surface area (Å²) in [5, 5.41) is 18.4. The van der Waals surface area contributed by atoms with E-state index in [1.807, 2.05) is 0 Å². The standard InChI is InChI=1S/C18H25NO/c1-13(2)3-4-14-5-6-15-7-8-16(9-11-19)18(15)17(14)10-12-20/h5-6,13,16,20H,3-4,7-10,12H2,1-2H3. The first-order valence-electron chi connectivity index (χ1n) is 7.78. The first-order valence-corrected chi connectivity index (χ1v) is 7.78. The van der Waals surface area contributed by atoms with E-state index >= 15 is 0 Å². The number of aliphatic hydroxyl groups excluding tert-OH is 1. The summed E-state index contributed by atoms with van der Waals surface area (Å²) in [4.78, 5) is 0. The Morgan fingerprint density at radius 1 is 1.35 bits per heavy atom. The van der Waals surface area contributed by atoms with Gasteiger partial charge in [-0.3, -0.25) is 0 Å². The van der Waals surface area contributed by atoms with Crippen LogP contribution < -0.4 is 0 Å². The molecular weight excluding hydrogens is 246 g/mol. The second-order valence-electron chi connectivity index (χ2n) is 6.28. The molecule has 108 valence electrons. The third kappa shape index (κ3) is 3.22. The molecule has 1 aliphatic rings. The Kier molecular flexibility index (Phi) is 5.20. The Bertz CT molecular complexity index is 499. The van der Waals surface area contributed by atoms with Crippen LogP contribution in [0.1, 0.15) is 61.3 Å². The molecule has 1 N–H and O–H groups in total. The average molecular weight is 271 g/mol. The number of aliphatic hydroxyl groups is 1. The molecule has 2 rings (SSSR count). The van der Waals surface area contributed by atoms with Crippen molar-refractivity contribution in [3.8, 4) is 6.07 Å². The molecule has 0 fully saturated rings. The van der Waals surface area contributed by atoms with Crippen molar-refractivity contribution >= 4 is 0 Å². The first kappa shape index (κ1) is 15.1. The lowest BCUT2D eigenvalue weighted by Crippen LogP contribution is -2.07. The maximum atomic E-state index is 9.40. The predicted molar refractivity (Wildman–Crippen MR) is 81.7 cm³/mol. The third-order valence-corrected chi connectivity index (χ3v) is 4.41. The van der Waals surface area contributed by atoms with Crippen LogP contribution in [0.4, 0.5) is 0 Å². The summed E-state index contributed by atoms with van der Waals surface area (Å²) in [5.74, 6) is 1.08. The summed E-state index contributed by atoms with van der Waals surface area (Å²) < 4.78 is 0. The maximum Gasteiger partial charge on any atom is 0.0628 e. The van der Waals surface area contributed by atoms with Gasteiger partial charge in [0.15, 0.2) is 0 Å². The normalized spacial score (nSPS) is 17.2. The van der Waals surface area contributed by atoms with Gasteiger partial charge in [-0.1, -0.05) is 26.0 Å². The summed E-state index contributed by atoms with van der Waals surface area (Å²) in [6, 6.07) is 6.83. The molecule has 1 unspecified atom stereocenters. The van der Waals surface area contributed by atoms with E-state index in [9.17, 15) is 5.11 Å². The Labute approximate surface area is 122 Å². The third-order valence-electron chi connectivity index (χ3n) is 4.41. The van der Waals surface area contributed by atoms with Gasteiger partial charge in [0.05, 0.1) is 6.07 Å². The maximum absolute atomic E-state index is 9.40. The lowest BCUT2D eigenvalue weighted by molar-refractivity contribution is 0.298. The highest BCUT2D eigenvalue weighted by molar-refractivity contribution is 5.47. The van der Waals surface area contributed by atoms with Gasteiger partial charge >= 0.3 is 0 Å². The molecule has 0 amide bonds. The smallest absolute Gasteiger partial charge is 0.0628 e. The summed E-state index contributed by atoms with van der Waals surface area (Å²) in [7, 11) is 0. The number of benzene rings is 1. The number of hydrogen-bond acceptors (Lipinski definition) is 2. The fourth-order valence-electron chi connectivity index (χ4n) is 3.36. The SMILES string of the molecule is CC(C)CCc1ccc2c(c1CCO)C(CC#N)CC2. The number of rotatable bonds is 6. The summed E-state index contributed by atoms with van der Waals surface area (Å²) in [6.45, 7) is 4.69. The zero-order valence-corrected chi connectivity index (χ0v) is 12.7. The number of hydrogen-bond donors (Lipinski definition) is 1. The van der Waals surface area contributed by atoms with Gasteiger partial charge in [0.1, 0.15) is 0 Å². The molecule has 1 aromatic carbocycles. The largest absolute Gasteiger partial charge is 0.396 e. The molecule has 0 spiro atoms.